The fraction of sp³-hybridized carbons (Fsp3) is 0.143. The van der Waals surface area contributed by atoms with Crippen LogP contribution in [0.3, 0.4) is 0 Å². The van der Waals surface area contributed by atoms with Crippen molar-refractivity contribution >= 4 is 27.5 Å². The zero-order valence-corrected chi connectivity index (χ0v) is 14.4. The molecule has 1 aromatic carbocycles. The zero-order chi connectivity index (χ0) is 19.5. The monoisotopic (exact) mass is 410 g/mol. The highest BCUT2D eigenvalue weighted by atomic mass is 35.5. The average Bonchev–Trinajstić information content (AvgIpc) is 2.52. The molecule has 1 heterocycles. The summed E-state index contributed by atoms with van der Waals surface area (Å²) in [5.41, 5.74) is -0.410. The van der Waals surface area contributed by atoms with Gasteiger partial charge < -0.3 is 9.47 Å². The Hall–Kier alpha value is -2.53. The summed E-state index contributed by atoms with van der Waals surface area (Å²) in [4.78, 5) is 14.9. The number of rotatable bonds is 5. The summed E-state index contributed by atoms with van der Waals surface area (Å²) in [7, 11) is -3.41. The van der Waals surface area contributed by atoms with E-state index in [0.717, 1.165) is 24.3 Å². The number of halogens is 4. The lowest BCUT2D eigenvalue weighted by Crippen LogP contribution is -2.32. The second-order valence-electron chi connectivity index (χ2n) is 4.64. The van der Waals surface area contributed by atoms with E-state index < -0.39 is 38.6 Å². The number of nitrogens with one attached hydrogen (secondary N) is 1. The molecule has 0 fully saturated rings. The Morgan fingerprint density at radius 3 is 2.50 bits per heavy atom. The highest BCUT2D eigenvalue weighted by molar-refractivity contribution is 7.90. The van der Waals surface area contributed by atoms with Crippen LogP contribution < -0.4 is 14.2 Å². The van der Waals surface area contributed by atoms with E-state index in [1.165, 1.54) is 19.2 Å². The average molecular weight is 411 g/mol. The van der Waals surface area contributed by atoms with E-state index in [9.17, 15) is 26.4 Å². The molecular weight excluding hydrogens is 401 g/mol. The Morgan fingerprint density at radius 2 is 1.88 bits per heavy atom. The number of sulfonamides is 1. The van der Waals surface area contributed by atoms with Gasteiger partial charge in [0.1, 0.15) is 27.2 Å². The van der Waals surface area contributed by atoms with Crippen LogP contribution in [-0.2, 0) is 10.0 Å². The number of alkyl halides is 3. The summed E-state index contributed by atoms with van der Waals surface area (Å²) >= 11 is 5.69. The largest absolute Gasteiger partial charge is 0.573 e. The number of carbonyl (C=O) groups excluding carboxylic acids is 1. The normalized spacial score (nSPS) is 11.7. The first-order valence-corrected chi connectivity index (χ1v) is 8.51. The number of ether oxygens (including phenoxy) is 2. The molecule has 0 saturated carbocycles. The van der Waals surface area contributed by atoms with E-state index in [1.54, 1.807) is 4.72 Å². The maximum Gasteiger partial charge on any atom is 0.573 e. The first-order chi connectivity index (χ1) is 12.0. The van der Waals surface area contributed by atoms with Crippen LogP contribution in [0.4, 0.5) is 13.2 Å². The van der Waals surface area contributed by atoms with Crippen LogP contribution in [0.1, 0.15) is 10.5 Å². The van der Waals surface area contributed by atoms with Gasteiger partial charge in [-0.2, -0.15) is 0 Å². The minimum absolute atomic E-state index is 0.133. The second-order valence-corrected chi connectivity index (χ2v) is 6.68. The van der Waals surface area contributed by atoms with E-state index >= 15 is 0 Å². The van der Waals surface area contributed by atoms with Crippen LogP contribution in [0.2, 0.25) is 5.15 Å². The number of aromatic nitrogens is 1. The lowest BCUT2D eigenvalue weighted by atomic mass is 10.3. The van der Waals surface area contributed by atoms with Crippen LogP contribution in [0, 0.1) is 0 Å². The van der Waals surface area contributed by atoms with Crippen molar-refractivity contribution in [3.63, 3.8) is 0 Å². The van der Waals surface area contributed by atoms with E-state index in [4.69, 9.17) is 16.3 Å². The number of hydrogen-bond donors (Lipinski definition) is 1. The predicted molar refractivity (Wildman–Crippen MR) is 83.6 cm³/mol. The number of methoxy groups -OCH3 is 1. The van der Waals surface area contributed by atoms with Crippen LogP contribution in [0.5, 0.6) is 11.5 Å². The molecule has 0 saturated heterocycles. The fourth-order valence-corrected chi connectivity index (χ4v) is 3.11. The fourth-order valence-electron chi connectivity index (χ4n) is 1.82. The molecule has 0 aliphatic rings. The molecule has 0 bridgehead atoms. The van der Waals surface area contributed by atoms with Gasteiger partial charge in [-0.25, -0.2) is 18.1 Å². The third-order valence-electron chi connectivity index (χ3n) is 2.83. The number of hydrogen-bond acceptors (Lipinski definition) is 6. The van der Waals surface area contributed by atoms with Crippen molar-refractivity contribution in [1.29, 1.82) is 0 Å². The molecule has 12 heteroatoms. The lowest BCUT2D eigenvalue weighted by molar-refractivity contribution is -0.275. The summed E-state index contributed by atoms with van der Waals surface area (Å²) in [5, 5.41) is -0.146. The Bertz CT molecular complexity index is 934. The number of benzene rings is 1. The van der Waals surface area contributed by atoms with Gasteiger partial charge in [-0.05, 0) is 12.1 Å². The predicted octanol–water partition coefficient (Wildman–Crippen LogP) is 2.76. The molecule has 7 nitrogen and oxygen atoms in total. The number of pyridine rings is 1. The van der Waals surface area contributed by atoms with Crippen LogP contribution >= 0.6 is 11.6 Å². The first-order valence-electron chi connectivity index (χ1n) is 6.65. The lowest BCUT2D eigenvalue weighted by Gasteiger charge is -2.14. The van der Waals surface area contributed by atoms with Gasteiger partial charge in [-0.3, -0.25) is 4.79 Å². The van der Waals surface area contributed by atoms with E-state index in [2.05, 4.69) is 9.72 Å². The number of carbonyl (C=O) groups is 1. The van der Waals surface area contributed by atoms with Gasteiger partial charge in [0, 0.05) is 12.1 Å². The van der Waals surface area contributed by atoms with Crippen molar-refractivity contribution in [2.75, 3.05) is 7.11 Å². The summed E-state index contributed by atoms with van der Waals surface area (Å²) in [6.45, 7) is 0. The molecule has 26 heavy (non-hydrogen) atoms. The second kappa shape index (κ2) is 7.38. The van der Waals surface area contributed by atoms with Crippen molar-refractivity contribution in [3.8, 4) is 11.5 Å². The first kappa shape index (κ1) is 19.8. The van der Waals surface area contributed by atoms with Crippen molar-refractivity contribution in [2.24, 2.45) is 0 Å². The molecule has 0 unspecified atom stereocenters. The Kier molecular flexibility index (Phi) is 5.62. The van der Waals surface area contributed by atoms with Crippen LogP contribution in [0.15, 0.2) is 41.3 Å². The topological polar surface area (TPSA) is 94.6 Å². The van der Waals surface area contributed by atoms with Gasteiger partial charge >= 0.3 is 6.36 Å². The number of amides is 1. The third-order valence-corrected chi connectivity index (χ3v) is 4.39. The molecule has 2 aromatic rings. The smallest absolute Gasteiger partial charge is 0.497 e. The Balaban J connectivity index is 2.35. The van der Waals surface area contributed by atoms with Crippen molar-refractivity contribution < 1.29 is 35.9 Å². The minimum atomic E-state index is -5.11. The van der Waals surface area contributed by atoms with Crippen molar-refractivity contribution in [2.45, 2.75) is 11.3 Å². The minimum Gasteiger partial charge on any atom is -0.497 e. The van der Waals surface area contributed by atoms with Crippen LogP contribution in [-0.4, -0.2) is 32.8 Å². The van der Waals surface area contributed by atoms with E-state index in [-0.39, 0.29) is 10.9 Å². The SMILES string of the molecule is COc1cc(Cl)nc(C(=O)NS(=O)(=O)c2ccccc2OC(F)(F)F)c1. The summed E-state index contributed by atoms with van der Waals surface area (Å²) in [6, 6.07) is 6.35. The quantitative estimate of drug-likeness (QED) is 0.762. The summed E-state index contributed by atoms with van der Waals surface area (Å²) in [6.07, 6.45) is -5.11. The number of para-hydroxylation sites is 1. The van der Waals surface area contributed by atoms with Gasteiger partial charge in [0.2, 0.25) is 0 Å². The highest BCUT2D eigenvalue weighted by Crippen LogP contribution is 2.29. The molecule has 2 rings (SSSR count). The molecule has 0 aliphatic heterocycles. The maximum absolute atomic E-state index is 12.4. The van der Waals surface area contributed by atoms with E-state index in [1.807, 2.05) is 0 Å². The van der Waals surface area contributed by atoms with Gasteiger partial charge in [0.15, 0.2) is 0 Å². The molecule has 1 N–H and O–H groups in total. The van der Waals surface area contributed by atoms with Crippen molar-refractivity contribution in [3.05, 3.63) is 47.2 Å². The zero-order valence-electron chi connectivity index (χ0n) is 12.9. The number of nitrogens with zero attached hydrogens (tertiary/aromatic N) is 1. The third kappa shape index (κ3) is 4.99. The van der Waals surface area contributed by atoms with Gasteiger partial charge in [-0.1, -0.05) is 23.7 Å². The molecule has 0 atom stereocenters. The van der Waals surface area contributed by atoms with Gasteiger partial charge in [0.05, 0.1) is 7.11 Å². The molecule has 1 aromatic heterocycles. The van der Waals surface area contributed by atoms with Crippen molar-refractivity contribution in [1.82, 2.24) is 9.71 Å². The maximum atomic E-state index is 12.4. The summed E-state index contributed by atoms with van der Waals surface area (Å²) < 4.78 is 72.0. The van der Waals surface area contributed by atoms with Crippen LogP contribution in [0.25, 0.3) is 0 Å². The molecule has 140 valence electrons. The van der Waals surface area contributed by atoms with Gasteiger partial charge in [-0.15, -0.1) is 13.2 Å². The van der Waals surface area contributed by atoms with Gasteiger partial charge in [0.25, 0.3) is 15.9 Å². The Labute approximate surface area is 150 Å². The molecule has 1 amide bonds. The molecular formula is C14H10ClF3N2O5S. The Morgan fingerprint density at radius 1 is 1.23 bits per heavy atom. The molecule has 0 radical (unpaired) electrons. The van der Waals surface area contributed by atoms with E-state index in [0.29, 0.717) is 0 Å². The highest BCUT2D eigenvalue weighted by Gasteiger charge is 2.34. The molecule has 0 spiro atoms. The molecule has 0 aliphatic carbocycles. The standard InChI is InChI=1S/C14H10ClF3N2O5S/c1-24-8-6-9(19-12(15)7-8)13(21)20-26(22,23)11-5-3-2-4-10(11)25-14(16,17)18/h2-7H,1H3,(H,20,21). The summed E-state index contributed by atoms with van der Waals surface area (Å²) in [5.74, 6) is -2.07.